The molecule has 0 aliphatic carbocycles. The number of hydrogen-bond acceptors (Lipinski definition) is 4. The van der Waals surface area contributed by atoms with Crippen LogP contribution in [0.1, 0.15) is 16.7 Å². The molecule has 2 heterocycles. The predicted molar refractivity (Wildman–Crippen MR) is 65.4 cm³/mol. The molecule has 0 spiro atoms. The van der Waals surface area contributed by atoms with E-state index < -0.39 is 0 Å². The van der Waals surface area contributed by atoms with Crippen molar-refractivity contribution < 1.29 is 0 Å². The molecule has 4 nitrogen and oxygen atoms in total. The third-order valence-corrected chi connectivity index (χ3v) is 3.58. The average Bonchev–Trinajstić information content (AvgIpc) is 2.95. The molecule has 0 fully saturated rings. The average molecular weight is 236 g/mol. The molecule has 0 atom stereocenters. The topological polar surface area (TPSA) is 42.7 Å². The molecule has 0 radical (unpaired) electrons. The number of nitrogens with zero attached hydrogens (tertiary/aromatic N) is 3. The monoisotopic (exact) mass is 236 g/mol. The Kier molecular flexibility index (Phi) is 4.07. The summed E-state index contributed by atoms with van der Waals surface area (Å²) in [6.07, 6.45) is 4.71. The minimum atomic E-state index is 0.867. The smallest absolute Gasteiger partial charge is 0.0692 e. The molecule has 0 aromatic carbocycles. The van der Waals surface area contributed by atoms with E-state index in [1.54, 1.807) is 6.20 Å². The van der Waals surface area contributed by atoms with E-state index in [0.717, 1.165) is 26.1 Å². The fourth-order valence-electron chi connectivity index (χ4n) is 1.46. The Morgan fingerprint density at radius 1 is 1.38 bits per heavy atom. The van der Waals surface area contributed by atoms with E-state index in [0.29, 0.717) is 0 Å². The van der Waals surface area contributed by atoms with Gasteiger partial charge in [0.15, 0.2) is 0 Å². The molecule has 5 heteroatoms. The van der Waals surface area contributed by atoms with Gasteiger partial charge >= 0.3 is 0 Å². The van der Waals surface area contributed by atoms with Crippen LogP contribution >= 0.6 is 11.3 Å². The molecular weight excluding hydrogens is 220 g/mol. The Labute approximate surface area is 99.3 Å². The van der Waals surface area contributed by atoms with Gasteiger partial charge in [0.2, 0.25) is 0 Å². The first-order valence-corrected chi connectivity index (χ1v) is 6.32. The van der Waals surface area contributed by atoms with E-state index in [1.165, 1.54) is 9.75 Å². The molecule has 0 saturated carbocycles. The summed E-state index contributed by atoms with van der Waals surface area (Å²) in [6.45, 7) is 4.92. The van der Waals surface area contributed by atoms with Crippen LogP contribution in [0.5, 0.6) is 0 Å². The van der Waals surface area contributed by atoms with E-state index in [1.807, 2.05) is 22.2 Å². The van der Waals surface area contributed by atoms with E-state index in [9.17, 15) is 0 Å². The number of thiophene rings is 1. The van der Waals surface area contributed by atoms with Crippen LogP contribution in [0.4, 0.5) is 0 Å². The number of aryl methyl sites for hydroxylation is 1. The van der Waals surface area contributed by atoms with Gasteiger partial charge in [0.25, 0.3) is 0 Å². The molecule has 0 bridgehead atoms. The lowest BCUT2D eigenvalue weighted by Gasteiger charge is -2.02. The molecule has 16 heavy (non-hydrogen) atoms. The Hall–Kier alpha value is -1.20. The second-order valence-electron chi connectivity index (χ2n) is 3.56. The second-order valence-corrected chi connectivity index (χ2v) is 4.82. The summed E-state index contributed by atoms with van der Waals surface area (Å²) in [5, 5.41) is 11.1. The number of aromatic nitrogens is 3. The van der Waals surface area contributed by atoms with Crippen molar-refractivity contribution in [3.8, 4) is 0 Å². The van der Waals surface area contributed by atoms with Crippen LogP contribution in [0.2, 0.25) is 0 Å². The zero-order valence-corrected chi connectivity index (χ0v) is 10.2. The zero-order chi connectivity index (χ0) is 11.2. The van der Waals surface area contributed by atoms with Gasteiger partial charge in [-0.3, -0.25) is 4.68 Å². The van der Waals surface area contributed by atoms with E-state index >= 15 is 0 Å². The van der Waals surface area contributed by atoms with Crippen LogP contribution in [-0.4, -0.2) is 21.5 Å². The van der Waals surface area contributed by atoms with Crippen molar-refractivity contribution in [3.63, 3.8) is 0 Å². The maximum atomic E-state index is 3.91. The van der Waals surface area contributed by atoms with Gasteiger partial charge in [-0.15, -0.1) is 16.4 Å². The molecule has 0 saturated heterocycles. The molecule has 2 aromatic rings. The van der Waals surface area contributed by atoms with Crippen LogP contribution < -0.4 is 5.32 Å². The molecule has 0 aliphatic heterocycles. The van der Waals surface area contributed by atoms with Crippen molar-refractivity contribution in [3.05, 3.63) is 34.3 Å². The zero-order valence-electron chi connectivity index (χ0n) is 9.39. The van der Waals surface area contributed by atoms with Crippen molar-refractivity contribution in [2.24, 2.45) is 0 Å². The van der Waals surface area contributed by atoms with Gasteiger partial charge in [-0.05, 0) is 18.6 Å². The van der Waals surface area contributed by atoms with Crippen molar-refractivity contribution in [2.45, 2.75) is 26.4 Å². The highest BCUT2D eigenvalue weighted by Crippen LogP contribution is 2.16. The van der Waals surface area contributed by atoms with Crippen LogP contribution in [0.3, 0.4) is 0 Å². The van der Waals surface area contributed by atoms with Gasteiger partial charge in [-0.25, -0.2) is 0 Å². The first-order chi connectivity index (χ1) is 7.88. The molecule has 2 aromatic heterocycles. The molecule has 1 N–H and O–H groups in total. The van der Waals surface area contributed by atoms with Gasteiger partial charge in [0, 0.05) is 29.0 Å². The van der Waals surface area contributed by atoms with Crippen LogP contribution in [-0.2, 0) is 19.5 Å². The Morgan fingerprint density at radius 3 is 2.94 bits per heavy atom. The summed E-state index contributed by atoms with van der Waals surface area (Å²) >= 11 is 1.88. The van der Waals surface area contributed by atoms with Gasteiger partial charge in [-0.1, -0.05) is 12.1 Å². The van der Waals surface area contributed by atoms with Crippen LogP contribution in [0.25, 0.3) is 0 Å². The summed E-state index contributed by atoms with van der Waals surface area (Å²) < 4.78 is 1.83. The van der Waals surface area contributed by atoms with Crippen molar-refractivity contribution in [1.29, 1.82) is 0 Å². The lowest BCUT2D eigenvalue weighted by atomic mass is 10.3. The predicted octanol–water partition coefficient (Wildman–Crippen LogP) is 1.69. The van der Waals surface area contributed by atoms with E-state index in [4.69, 9.17) is 0 Å². The van der Waals surface area contributed by atoms with Crippen molar-refractivity contribution in [1.82, 2.24) is 20.3 Å². The molecular formula is C11H16N4S. The van der Waals surface area contributed by atoms with Crippen molar-refractivity contribution >= 4 is 11.3 Å². The Bertz CT molecular complexity index is 407. The summed E-state index contributed by atoms with van der Waals surface area (Å²) in [7, 11) is 0. The Balaban J connectivity index is 1.68. The third kappa shape index (κ3) is 3.15. The number of nitrogens with one attached hydrogen (secondary N) is 1. The molecule has 2 rings (SSSR count). The van der Waals surface area contributed by atoms with Gasteiger partial charge in [-0.2, -0.15) is 0 Å². The maximum Gasteiger partial charge on any atom is 0.0692 e. The van der Waals surface area contributed by atoms with E-state index in [2.05, 4.69) is 34.7 Å². The normalized spacial score (nSPS) is 10.8. The fraction of sp³-hybridized carbons (Fsp3) is 0.455. The lowest BCUT2D eigenvalue weighted by Crippen LogP contribution is -2.19. The molecule has 0 unspecified atom stereocenters. The van der Waals surface area contributed by atoms with Gasteiger partial charge < -0.3 is 5.32 Å². The largest absolute Gasteiger partial charge is 0.310 e. The minimum absolute atomic E-state index is 0.867. The lowest BCUT2D eigenvalue weighted by molar-refractivity contribution is 0.542. The fourth-order valence-corrected chi connectivity index (χ4v) is 2.39. The Morgan fingerprint density at radius 2 is 2.25 bits per heavy atom. The molecule has 0 aliphatic rings. The molecule has 86 valence electrons. The summed E-state index contributed by atoms with van der Waals surface area (Å²) in [4.78, 5) is 2.85. The van der Waals surface area contributed by atoms with Gasteiger partial charge in [0.05, 0.1) is 12.7 Å². The summed E-state index contributed by atoms with van der Waals surface area (Å²) in [5.74, 6) is 0. The minimum Gasteiger partial charge on any atom is -0.310 e. The SMILES string of the molecule is CCc1ccc(CNCCn2ccnn2)s1. The standard InChI is InChI=1S/C11H16N4S/c1-2-10-3-4-11(16-10)9-12-5-7-15-8-6-13-14-15/h3-4,6,8,12H,2,5,7,9H2,1H3. The second kappa shape index (κ2) is 5.77. The van der Waals surface area contributed by atoms with Gasteiger partial charge in [0.1, 0.15) is 0 Å². The highest BCUT2D eigenvalue weighted by atomic mass is 32.1. The quantitative estimate of drug-likeness (QED) is 0.776. The van der Waals surface area contributed by atoms with Crippen LogP contribution in [0.15, 0.2) is 24.5 Å². The van der Waals surface area contributed by atoms with Crippen LogP contribution in [0, 0.1) is 0 Å². The first kappa shape index (κ1) is 11.3. The number of hydrogen-bond donors (Lipinski definition) is 1. The summed E-state index contributed by atoms with van der Waals surface area (Å²) in [6, 6.07) is 4.41. The highest BCUT2D eigenvalue weighted by Gasteiger charge is 1.98. The van der Waals surface area contributed by atoms with Crippen molar-refractivity contribution in [2.75, 3.05) is 6.54 Å². The maximum absolute atomic E-state index is 3.91. The van der Waals surface area contributed by atoms with E-state index in [-0.39, 0.29) is 0 Å². The molecule has 0 amide bonds. The number of rotatable bonds is 6. The first-order valence-electron chi connectivity index (χ1n) is 5.51. The highest BCUT2D eigenvalue weighted by molar-refractivity contribution is 7.11. The summed E-state index contributed by atoms with van der Waals surface area (Å²) in [5.41, 5.74) is 0. The third-order valence-electron chi connectivity index (χ3n) is 2.35.